The molecule has 0 bridgehead atoms. The summed E-state index contributed by atoms with van der Waals surface area (Å²) in [6.07, 6.45) is 1.56. The first-order chi connectivity index (χ1) is 9.94. The number of carbonyl (C=O) groups is 3. The highest BCUT2D eigenvalue weighted by atomic mass is 16.2. The van der Waals surface area contributed by atoms with Crippen LogP contribution in [0.1, 0.15) is 12.8 Å². The zero-order valence-corrected chi connectivity index (χ0v) is 12.2. The van der Waals surface area contributed by atoms with Crippen molar-refractivity contribution in [3.05, 3.63) is 0 Å². The summed E-state index contributed by atoms with van der Waals surface area (Å²) in [5.41, 5.74) is 4.74. The molecule has 3 heterocycles. The third-order valence-corrected chi connectivity index (χ3v) is 4.93. The SMILES string of the molecule is CN1CNC(=O)C12CN(C(=O)C1CCCN(C(N)=O)C1)C2. The van der Waals surface area contributed by atoms with Crippen molar-refractivity contribution in [2.24, 2.45) is 11.7 Å². The van der Waals surface area contributed by atoms with Crippen LogP contribution < -0.4 is 11.1 Å². The number of amides is 4. The van der Waals surface area contributed by atoms with E-state index in [0.29, 0.717) is 32.8 Å². The van der Waals surface area contributed by atoms with E-state index < -0.39 is 11.6 Å². The van der Waals surface area contributed by atoms with Gasteiger partial charge in [0.05, 0.1) is 12.6 Å². The van der Waals surface area contributed by atoms with Crippen molar-refractivity contribution in [1.29, 1.82) is 0 Å². The standard InChI is InChI=1S/C13H21N5O3/c1-16-8-15-11(20)13(16)6-18(7-13)10(19)9-3-2-4-17(5-9)12(14)21/h9H,2-8H2,1H3,(H2,14,21)(H,15,20). The first-order valence-electron chi connectivity index (χ1n) is 7.27. The van der Waals surface area contributed by atoms with Crippen LogP contribution >= 0.6 is 0 Å². The Labute approximate surface area is 123 Å². The molecule has 0 saturated carbocycles. The Bertz CT molecular complexity index is 488. The minimum Gasteiger partial charge on any atom is -0.351 e. The lowest BCUT2D eigenvalue weighted by Crippen LogP contribution is -2.72. The van der Waals surface area contributed by atoms with E-state index in [9.17, 15) is 14.4 Å². The maximum absolute atomic E-state index is 12.5. The topological polar surface area (TPSA) is 99.0 Å². The largest absolute Gasteiger partial charge is 0.351 e. The summed E-state index contributed by atoms with van der Waals surface area (Å²) in [5.74, 6) is -0.172. The Morgan fingerprint density at radius 3 is 2.62 bits per heavy atom. The van der Waals surface area contributed by atoms with Gasteiger partial charge in [-0.05, 0) is 19.9 Å². The first kappa shape index (κ1) is 14.1. The third kappa shape index (κ3) is 2.14. The van der Waals surface area contributed by atoms with Gasteiger partial charge in [-0.25, -0.2) is 4.79 Å². The van der Waals surface area contributed by atoms with Crippen LogP contribution in [0, 0.1) is 5.92 Å². The second-order valence-electron chi connectivity index (χ2n) is 6.21. The minimum absolute atomic E-state index is 0.00328. The van der Waals surface area contributed by atoms with Crippen LogP contribution in [0.2, 0.25) is 0 Å². The number of primary amides is 1. The van der Waals surface area contributed by atoms with Crippen LogP contribution in [0.3, 0.4) is 0 Å². The minimum atomic E-state index is -0.548. The van der Waals surface area contributed by atoms with Crippen LogP contribution in [0.15, 0.2) is 0 Å². The normalized spacial score (nSPS) is 28.4. The number of likely N-dealkylation sites (N-methyl/N-ethyl adjacent to an activating group) is 1. The van der Waals surface area contributed by atoms with Crippen molar-refractivity contribution in [2.75, 3.05) is 39.9 Å². The van der Waals surface area contributed by atoms with Crippen molar-refractivity contribution in [1.82, 2.24) is 20.0 Å². The number of urea groups is 1. The molecular weight excluding hydrogens is 274 g/mol. The summed E-state index contributed by atoms with van der Waals surface area (Å²) in [6, 6.07) is -0.470. The number of piperidine rings is 1. The Balaban J connectivity index is 1.60. The quantitative estimate of drug-likeness (QED) is 0.607. The van der Waals surface area contributed by atoms with Gasteiger partial charge in [0.1, 0.15) is 5.54 Å². The van der Waals surface area contributed by atoms with E-state index in [-0.39, 0.29) is 17.7 Å². The van der Waals surface area contributed by atoms with Gasteiger partial charge in [-0.3, -0.25) is 14.5 Å². The summed E-state index contributed by atoms with van der Waals surface area (Å²) >= 11 is 0. The number of hydrogen-bond donors (Lipinski definition) is 2. The van der Waals surface area contributed by atoms with Gasteiger partial charge in [0.2, 0.25) is 11.8 Å². The zero-order chi connectivity index (χ0) is 15.2. The van der Waals surface area contributed by atoms with Crippen molar-refractivity contribution in [3.63, 3.8) is 0 Å². The lowest BCUT2D eigenvalue weighted by atomic mass is 9.86. The molecule has 8 nitrogen and oxygen atoms in total. The van der Waals surface area contributed by atoms with Gasteiger partial charge in [0.15, 0.2) is 0 Å². The van der Waals surface area contributed by atoms with Crippen LogP contribution in [0.4, 0.5) is 4.79 Å². The van der Waals surface area contributed by atoms with Crippen LogP contribution in [0.25, 0.3) is 0 Å². The molecule has 3 saturated heterocycles. The highest BCUT2D eigenvalue weighted by Gasteiger charge is 2.57. The highest BCUT2D eigenvalue weighted by molar-refractivity contribution is 5.93. The smallest absolute Gasteiger partial charge is 0.314 e. The van der Waals surface area contributed by atoms with Crippen molar-refractivity contribution < 1.29 is 14.4 Å². The fourth-order valence-electron chi connectivity index (χ4n) is 3.44. The summed E-state index contributed by atoms with van der Waals surface area (Å²) in [6.45, 7) is 2.40. The van der Waals surface area contributed by atoms with E-state index in [4.69, 9.17) is 5.73 Å². The molecular formula is C13H21N5O3. The fourth-order valence-corrected chi connectivity index (χ4v) is 3.44. The lowest BCUT2D eigenvalue weighted by Gasteiger charge is -2.50. The fraction of sp³-hybridized carbons (Fsp3) is 0.769. The molecule has 0 aromatic rings. The maximum Gasteiger partial charge on any atom is 0.314 e. The van der Waals surface area contributed by atoms with E-state index >= 15 is 0 Å². The molecule has 3 aliphatic rings. The molecule has 3 aliphatic heterocycles. The van der Waals surface area contributed by atoms with Gasteiger partial charge in [0.25, 0.3) is 0 Å². The number of nitrogens with one attached hydrogen (secondary N) is 1. The van der Waals surface area contributed by atoms with E-state index in [1.165, 1.54) is 4.90 Å². The molecule has 0 radical (unpaired) electrons. The molecule has 1 spiro atoms. The number of likely N-dealkylation sites (tertiary alicyclic amines) is 2. The monoisotopic (exact) mass is 295 g/mol. The Hall–Kier alpha value is -1.83. The van der Waals surface area contributed by atoms with Gasteiger partial charge in [-0.1, -0.05) is 0 Å². The molecule has 3 N–H and O–H groups in total. The average Bonchev–Trinajstić information content (AvgIpc) is 2.72. The number of rotatable bonds is 1. The molecule has 1 atom stereocenters. The first-order valence-corrected chi connectivity index (χ1v) is 7.27. The van der Waals surface area contributed by atoms with E-state index in [0.717, 1.165) is 12.8 Å². The highest BCUT2D eigenvalue weighted by Crippen LogP contribution is 2.32. The summed E-state index contributed by atoms with van der Waals surface area (Å²) < 4.78 is 0. The number of nitrogens with zero attached hydrogens (tertiary/aromatic N) is 3. The van der Waals surface area contributed by atoms with Crippen molar-refractivity contribution >= 4 is 17.8 Å². The van der Waals surface area contributed by atoms with Gasteiger partial charge in [-0.2, -0.15) is 0 Å². The predicted molar refractivity (Wildman–Crippen MR) is 74.0 cm³/mol. The van der Waals surface area contributed by atoms with Gasteiger partial charge >= 0.3 is 6.03 Å². The predicted octanol–water partition coefficient (Wildman–Crippen LogP) is -1.62. The molecule has 21 heavy (non-hydrogen) atoms. The molecule has 3 rings (SSSR count). The molecule has 8 heteroatoms. The molecule has 0 aliphatic carbocycles. The molecule has 0 aromatic carbocycles. The van der Waals surface area contributed by atoms with Crippen LogP contribution in [-0.4, -0.2) is 78.0 Å². The van der Waals surface area contributed by atoms with Crippen LogP contribution in [0.5, 0.6) is 0 Å². The van der Waals surface area contributed by atoms with Crippen LogP contribution in [-0.2, 0) is 9.59 Å². The number of carbonyl (C=O) groups excluding carboxylic acids is 3. The van der Waals surface area contributed by atoms with Gasteiger partial charge < -0.3 is 20.9 Å². The zero-order valence-electron chi connectivity index (χ0n) is 12.2. The van der Waals surface area contributed by atoms with E-state index in [2.05, 4.69) is 5.32 Å². The second kappa shape index (κ2) is 4.87. The summed E-state index contributed by atoms with van der Waals surface area (Å²) in [4.78, 5) is 40.8. The van der Waals surface area contributed by atoms with E-state index in [1.54, 1.807) is 4.90 Å². The van der Waals surface area contributed by atoms with E-state index in [1.807, 2.05) is 11.9 Å². The molecule has 1 unspecified atom stereocenters. The third-order valence-electron chi connectivity index (χ3n) is 4.93. The average molecular weight is 295 g/mol. The Morgan fingerprint density at radius 2 is 2.05 bits per heavy atom. The second-order valence-corrected chi connectivity index (χ2v) is 6.21. The van der Waals surface area contributed by atoms with Gasteiger partial charge in [-0.15, -0.1) is 0 Å². The number of nitrogens with two attached hydrogens (primary N) is 1. The lowest BCUT2D eigenvalue weighted by molar-refractivity contribution is -0.154. The Kier molecular flexibility index (Phi) is 3.27. The Morgan fingerprint density at radius 1 is 1.33 bits per heavy atom. The number of hydrogen-bond acceptors (Lipinski definition) is 4. The van der Waals surface area contributed by atoms with Gasteiger partial charge in [0, 0.05) is 26.2 Å². The maximum atomic E-state index is 12.5. The molecule has 0 aromatic heterocycles. The molecule has 116 valence electrons. The summed E-state index contributed by atoms with van der Waals surface area (Å²) in [5, 5.41) is 2.80. The molecule has 4 amide bonds. The van der Waals surface area contributed by atoms with Crippen molar-refractivity contribution in [2.45, 2.75) is 18.4 Å². The summed E-state index contributed by atoms with van der Waals surface area (Å²) in [7, 11) is 1.88. The molecule has 3 fully saturated rings. The van der Waals surface area contributed by atoms with Crippen molar-refractivity contribution in [3.8, 4) is 0 Å².